The first-order chi connectivity index (χ1) is 9.72. The molecule has 2 rings (SSSR count). The van der Waals surface area contributed by atoms with Crippen molar-refractivity contribution in [2.24, 2.45) is 0 Å². The maximum Gasteiger partial charge on any atom is 0.322 e. The van der Waals surface area contributed by atoms with E-state index in [1.165, 1.54) is 4.88 Å². The van der Waals surface area contributed by atoms with Gasteiger partial charge in [-0.1, -0.05) is 12.1 Å². The van der Waals surface area contributed by atoms with Gasteiger partial charge in [-0.2, -0.15) is 0 Å². The topological polar surface area (TPSA) is 41.6 Å². The number of ether oxygens (including phenoxy) is 1. The first-order valence-electron chi connectivity index (χ1n) is 6.45. The Morgan fingerprint density at radius 1 is 1.35 bits per heavy atom. The lowest BCUT2D eigenvalue weighted by molar-refractivity contribution is 0.212. The molecular formula is C15H18N2O2S. The average Bonchev–Trinajstić information content (AvgIpc) is 2.97. The van der Waals surface area contributed by atoms with E-state index >= 15 is 0 Å². The molecule has 4 nitrogen and oxygen atoms in total. The van der Waals surface area contributed by atoms with Crippen LogP contribution in [0.2, 0.25) is 0 Å². The highest BCUT2D eigenvalue weighted by Crippen LogP contribution is 2.18. The Labute approximate surface area is 123 Å². The number of benzene rings is 1. The highest BCUT2D eigenvalue weighted by molar-refractivity contribution is 7.09. The number of carbonyl (C=O) groups is 1. The van der Waals surface area contributed by atoms with Crippen molar-refractivity contribution in [2.45, 2.75) is 13.5 Å². The Bertz CT molecular complexity index is 555. The van der Waals surface area contributed by atoms with E-state index in [1.54, 1.807) is 29.4 Å². The number of rotatable bonds is 5. The zero-order valence-electron chi connectivity index (χ0n) is 11.6. The SMILES string of the molecule is CCN(Cc1cccs1)C(=O)Nc1cccc(OC)c1. The van der Waals surface area contributed by atoms with Crippen molar-refractivity contribution in [3.8, 4) is 5.75 Å². The fraction of sp³-hybridized carbons (Fsp3) is 0.267. The Morgan fingerprint density at radius 3 is 2.85 bits per heavy atom. The summed E-state index contributed by atoms with van der Waals surface area (Å²) in [6, 6.07) is 11.3. The molecule has 5 heteroatoms. The van der Waals surface area contributed by atoms with Crippen LogP contribution in [0.3, 0.4) is 0 Å². The molecule has 0 bridgehead atoms. The molecule has 0 unspecified atom stereocenters. The van der Waals surface area contributed by atoms with Crippen LogP contribution in [0.5, 0.6) is 5.75 Å². The highest BCUT2D eigenvalue weighted by Gasteiger charge is 2.12. The molecule has 0 atom stereocenters. The minimum absolute atomic E-state index is 0.103. The number of nitrogens with one attached hydrogen (secondary N) is 1. The van der Waals surface area contributed by atoms with Crippen LogP contribution in [0.25, 0.3) is 0 Å². The summed E-state index contributed by atoms with van der Waals surface area (Å²) >= 11 is 1.65. The molecule has 2 aromatic rings. The zero-order valence-corrected chi connectivity index (χ0v) is 12.4. The maximum atomic E-state index is 12.2. The first-order valence-corrected chi connectivity index (χ1v) is 7.33. The lowest BCUT2D eigenvalue weighted by Gasteiger charge is -2.20. The van der Waals surface area contributed by atoms with Crippen molar-refractivity contribution >= 4 is 23.1 Å². The monoisotopic (exact) mass is 290 g/mol. The Balaban J connectivity index is 2.01. The molecule has 0 spiro atoms. The summed E-state index contributed by atoms with van der Waals surface area (Å²) in [6.45, 7) is 3.26. The molecule has 0 aliphatic heterocycles. The molecule has 1 aromatic heterocycles. The number of nitrogens with zero attached hydrogens (tertiary/aromatic N) is 1. The number of thiophene rings is 1. The quantitative estimate of drug-likeness (QED) is 0.909. The van der Waals surface area contributed by atoms with E-state index in [2.05, 4.69) is 5.32 Å². The summed E-state index contributed by atoms with van der Waals surface area (Å²) in [5.74, 6) is 0.726. The van der Waals surface area contributed by atoms with Crippen molar-refractivity contribution in [3.05, 3.63) is 46.7 Å². The number of methoxy groups -OCH3 is 1. The second-order valence-electron chi connectivity index (χ2n) is 4.26. The average molecular weight is 290 g/mol. The van der Waals surface area contributed by atoms with Crippen LogP contribution in [-0.2, 0) is 6.54 Å². The third-order valence-electron chi connectivity index (χ3n) is 2.92. The molecule has 0 saturated carbocycles. The Morgan fingerprint density at radius 2 is 2.20 bits per heavy atom. The van der Waals surface area contributed by atoms with Crippen LogP contribution < -0.4 is 10.1 Å². The molecule has 1 heterocycles. The molecule has 0 radical (unpaired) electrons. The van der Waals surface area contributed by atoms with E-state index in [9.17, 15) is 4.79 Å². The van der Waals surface area contributed by atoms with Gasteiger partial charge in [0.1, 0.15) is 5.75 Å². The van der Waals surface area contributed by atoms with Gasteiger partial charge in [-0.05, 0) is 30.5 Å². The smallest absolute Gasteiger partial charge is 0.322 e. The fourth-order valence-electron chi connectivity index (χ4n) is 1.82. The molecule has 2 amide bonds. The minimum atomic E-state index is -0.103. The van der Waals surface area contributed by atoms with Gasteiger partial charge in [-0.25, -0.2) is 4.79 Å². The van der Waals surface area contributed by atoms with Gasteiger partial charge in [0.25, 0.3) is 0 Å². The number of urea groups is 1. The van der Waals surface area contributed by atoms with Gasteiger partial charge >= 0.3 is 6.03 Å². The lowest BCUT2D eigenvalue weighted by Crippen LogP contribution is -2.34. The van der Waals surface area contributed by atoms with E-state index < -0.39 is 0 Å². The van der Waals surface area contributed by atoms with Crippen molar-refractivity contribution in [2.75, 3.05) is 19.0 Å². The van der Waals surface area contributed by atoms with Crippen molar-refractivity contribution in [1.29, 1.82) is 0 Å². The van der Waals surface area contributed by atoms with Crippen LogP contribution in [0.4, 0.5) is 10.5 Å². The summed E-state index contributed by atoms with van der Waals surface area (Å²) in [5.41, 5.74) is 0.735. The largest absolute Gasteiger partial charge is 0.497 e. The van der Waals surface area contributed by atoms with Crippen LogP contribution in [-0.4, -0.2) is 24.6 Å². The first kappa shape index (κ1) is 14.4. The predicted molar refractivity (Wildman–Crippen MR) is 82.4 cm³/mol. The molecule has 1 aromatic carbocycles. The maximum absolute atomic E-state index is 12.2. The van der Waals surface area contributed by atoms with Crippen LogP contribution >= 0.6 is 11.3 Å². The number of carbonyl (C=O) groups excluding carboxylic acids is 1. The van der Waals surface area contributed by atoms with Gasteiger partial charge < -0.3 is 15.0 Å². The Kier molecular flexibility index (Phi) is 5.01. The van der Waals surface area contributed by atoms with Crippen molar-refractivity contribution in [1.82, 2.24) is 4.90 Å². The molecular weight excluding hydrogens is 272 g/mol. The third-order valence-corrected chi connectivity index (χ3v) is 3.78. The molecule has 1 N–H and O–H groups in total. The van der Waals surface area contributed by atoms with Gasteiger partial charge in [0.2, 0.25) is 0 Å². The van der Waals surface area contributed by atoms with E-state index in [1.807, 2.05) is 42.6 Å². The number of hydrogen-bond donors (Lipinski definition) is 1. The van der Waals surface area contributed by atoms with Gasteiger partial charge in [0.15, 0.2) is 0 Å². The summed E-state index contributed by atoms with van der Waals surface area (Å²) in [6.07, 6.45) is 0. The van der Waals surface area contributed by atoms with Crippen LogP contribution in [0.15, 0.2) is 41.8 Å². The molecule has 0 fully saturated rings. The number of amides is 2. The van der Waals surface area contributed by atoms with Gasteiger partial charge in [-0.15, -0.1) is 11.3 Å². The van der Waals surface area contributed by atoms with E-state index in [-0.39, 0.29) is 6.03 Å². The second kappa shape index (κ2) is 6.96. The minimum Gasteiger partial charge on any atom is -0.497 e. The third kappa shape index (κ3) is 3.74. The molecule has 20 heavy (non-hydrogen) atoms. The van der Waals surface area contributed by atoms with Gasteiger partial charge in [0, 0.05) is 23.2 Å². The van der Waals surface area contributed by atoms with Crippen molar-refractivity contribution < 1.29 is 9.53 Å². The van der Waals surface area contributed by atoms with E-state index in [4.69, 9.17) is 4.74 Å². The predicted octanol–water partition coefficient (Wildman–Crippen LogP) is 3.81. The van der Waals surface area contributed by atoms with Gasteiger partial charge in [-0.3, -0.25) is 0 Å². The zero-order chi connectivity index (χ0) is 14.4. The Hall–Kier alpha value is -2.01. The summed E-state index contributed by atoms with van der Waals surface area (Å²) in [5, 5.41) is 4.91. The molecule has 0 saturated heterocycles. The molecule has 0 aliphatic rings. The standard InChI is InChI=1S/C15H18N2O2S/c1-3-17(11-14-8-5-9-20-14)15(18)16-12-6-4-7-13(10-12)19-2/h4-10H,3,11H2,1-2H3,(H,16,18). The number of hydrogen-bond acceptors (Lipinski definition) is 3. The van der Waals surface area contributed by atoms with Crippen LogP contribution in [0, 0.1) is 0 Å². The van der Waals surface area contributed by atoms with Crippen molar-refractivity contribution in [3.63, 3.8) is 0 Å². The van der Waals surface area contributed by atoms with Crippen LogP contribution in [0.1, 0.15) is 11.8 Å². The summed E-state index contributed by atoms with van der Waals surface area (Å²) in [7, 11) is 1.61. The molecule has 106 valence electrons. The van der Waals surface area contributed by atoms with E-state index in [0.29, 0.717) is 13.1 Å². The summed E-state index contributed by atoms with van der Waals surface area (Å²) < 4.78 is 5.15. The molecule has 0 aliphatic carbocycles. The fourth-order valence-corrected chi connectivity index (χ4v) is 2.54. The normalized spacial score (nSPS) is 10.1. The summed E-state index contributed by atoms with van der Waals surface area (Å²) in [4.78, 5) is 15.2. The lowest BCUT2D eigenvalue weighted by atomic mass is 10.3. The second-order valence-corrected chi connectivity index (χ2v) is 5.29. The van der Waals surface area contributed by atoms with Gasteiger partial charge in [0.05, 0.1) is 13.7 Å². The number of anilines is 1. The van der Waals surface area contributed by atoms with E-state index in [0.717, 1.165) is 11.4 Å². The highest BCUT2D eigenvalue weighted by atomic mass is 32.1.